The lowest BCUT2D eigenvalue weighted by molar-refractivity contribution is 0.996. The summed E-state index contributed by atoms with van der Waals surface area (Å²) in [4.78, 5) is 0. The van der Waals surface area contributed by atoms with E-state index in [0.717, 1.165) is 12.8 Å². The fraction of sp³-hybridized carbons (Fsp3) is 0.400. The highest BCUT2D eigenvalue weighted by Crippen LogP contribution is 2.25. The van der Waals surface area contributed by atoms with Crippen LogP contribution in [0.2, 0.25) is 0 Å². The van der Waals surface area contributed by atoms with Gasteiger partial charge in [-0.15, -0.1) is 0 Å². The van der Waals surface area contributed by atoms with Gasteiger partial charge in [0, 0.05) is 5.92 Å². The number of aryl methyl sites for hydroxylation is 2. The van der Waals surface area contributed by atoms with Crippen LogP contribution >= 0.6 is 0 Å². The topological polar surface area (TPSA) is 0 Å². The van der Waals surface area contributed by atoms with Gasteiger partial charge in [0.05, 0.1) is 0 Å². The molecule has 0 N–H and O–H groups in total. The van der Waals surface area contributed by atoms with Crippen molar-refractivity contribution in [2.24, 2.45) is 0 Å². The highest BCUT2D eigenvalue weighted by Gasteiger charge is 2.09. The molecule has 1 rings (SSSR count). The van der Waals surface area contributed by atoms with Crippen LogP contribution in [0.3, 0.4) is 0 Å². The van der Waals surface area contributed by atoms with Crippen molar-refractivity contribution in [2.45, 2.75) is 40.5 Å². The number of hydrogen-bond donors (Lipinski definition) is 0. The smallest absolute Gasteiger partial charge is 0.00617 e. The molecule has 0 nitrogen and oxygen atoms in total. The molecule has 15 heavy (non-hydrogen) atoms. The van der Waals surface area contributed by atoms with Gasteiger partial charge in [-0.05, 0) is 43.4 Å². The van der Waals surface area contributed by atoms with Crippen molar-refractivity contribution >= 4 is 0 Å². The molecule has 0 heteroatoms. The average molecular weight is 201 g/mol. The van der Waals surface area contributed by atoms with Crippen LogP contribution in [-0.4, -0.2) is 0 Å². The third-order valence-corrected chi connectivity index (χ3v) is 2.73. The lowest BCUT2D eigenvalue weighted by atomic mass is 9.90. The molecule has 0 heterocycles. The van der Waals surface area contributed by atoms with E-state index >= 15 is 0 Å². The van der Waals surface area contributed by atoms with Gasteiger partial charge in [-0.3, -0.25) is 0 Å². The van der Waals surface area contributed by atoms with E-state index in [1.54, 1.807) is 0 Å². The van der Waals surface area contributed by atoms with Gasteiger partial charge < -0.3 is 0 Å². The minimum absolute atomic E-state index is 1.07. The quantitative estimate of drug-likeness (QED) is 0.624. The summed E-state index contributed by atoms with van der Waals surface area (Å²) in [6.45, 7) is 8.78. The van der Waals surface area contributed by atoms with Gasteiger partial charge in [0.25, 0.3) is 0 Å². The van der Waals surface area contributed by atoms with Crippen molar-refractivity contribution in [3.8, 4) is 0 Å². The Morgan fingerprint density at radius 2 is 1.73 bits per heavy atom. The summed E-state index contributed by atoms with van der Waals surface area (Å²) < 4.78 is 0. The summed E-state index contributed by atoms with van der Waals surface area (Å²) in [5.74, 6) is 1.47. The second-order valence-electron chi connectivity index (χ2n) is 4.13. The normalized spacial score (nSPS) is 11.5. The molecular formula is C15H21. The lowest BCUT2D eigenvalue weighted by Crippen LogP contribution is -1.99. The third-order valence-electron chi connectivity index (χ3n) is 2.73. The summed E-state index contributed by atoms with van der Waals surface area (Å²) in [6.07, 6.45) is 6.69. The molecule has 0 fully saturated rings. The first-order valence-electron chi connectivity index (χ1n) is 5.70. The van der Waals surface area contributed by atoms with Crippen LogP contribution < -0.4 is 0 Å². The summed E-state index contributed by atoms with van der Waals surface area (Å²) in [5, 5.41) is 0. The van der Waals surface area contributed by atoms with Crippen molar-refractivity contribution in [1.82, 2.24) is 0 Å². The summed E-state index contributed by atoms with van der Waals surface area (Å²) in [7, 11) is 0. The SMILES string of the molecule is CCC=CC[C](C)c1c(C)cccc1C. The Morgan fingerprint density at radius 3 is 2.27 bits per heavy atom. The fourth-order valence-electron chi connectivity index (χ4n) is 2.02. The van der Waals surface area contributed by atoms with Gasteiger partial charge in [-0.25, -0.2) is 0 Å². The van der Waals surface area contributed by atoms with Crippen LogP contribution in [0.5, 0.6) is 0 Å². The highest BCUT2D eigenvalue weighted by atomic mass is 14.1. The molecule has 81 valence electrons. The third kappa shape index (κ3) is 3.23. The molecular weight excluding hydrogens is 180 g/mol. The maximum atomic E-state index is 2.27. The van der Waals surface area contributed by atoms with Crippen LogP contribution in [0.15, 0.2) is 30.4 Å². The van der Waals surface area contributed by atoms with E-state index in [2.05, 4.69) is 58.0 Å². The minimum Gasteiger partial charge on any atom is -0.0888 e. The Bertz CT molecular complexity index is 314. The first kappa shape index (κ1) is 12.0. The molecule has 0 bridgehead atoms. The zero-order valence-corrected chi connectivity index (χ0v) is 10.3. The van der Waals surface area contributed by atoms with Crippen LogP contribution in [0.25, 0.3) is 0 Å². The maximum Gasteiger partial charge on any atom is 0.00617 e. The van der Waals surface area contributed by atoms with Gasteiger partial charge >= 0.3 is 0 Å². The molecule has 0 aromatic heterocycles. The largest absolute Gasteiger partial charge is 0.0888 e. The molecule has 1 aromatic rings. The highest BCUT2D eigenvalue weighted by molar-refractivity contribution is 5.43. The molecule has 1 radical (unpaired) electrons. The molecule has 0 unspecified atom stereocenters. The van der Waals surface area contributed by atoms with Crippen molar-refractivity contribution in [1.29, 1.82) is 0 Å². The molecule has 0 saturated carbocycles. The van der Waals surface area contributed by atoms with E-state index < -0.39 is 0 Å². The van der Waals surface area contributed by atoms with Crippen molar-refractivity contribution in [3.05, 3.63) is 53.0 Å². The van der Waals surface area contributed by atoms with Crippen LogP contribution in [-0.2, 0) is 0 Å². The van der Waals surface area contributed by atoms with Crippen molar-refractivity contribution in [3.63, 3.8) is 0 Å². The van der Waals surface area contributed by atoms with Gasteiger partial charge in [0.2, 0.25) is 0 Å². The summed E-state index contributed by atoms with van der Waals surface area (Å²) in [5.41, 5.74) is 4.22. The van der Waals surface area contributed by atoms with E-state index in [4.69, 9.17) is 0 Å². The first-order valence-corrected chi connectivity index (χ1v) is 5.70. The Balaban J connectivity index is 2.81. The Kier molecular flexibility index (Phi) is 4.61. The standard InChI is InChI=1S/C15H21/c1-5-6-7-9-12(2)15-13(3)10-8-11-14(15)4/h6-8,10-11H,5,9H2,1-4H3. The molecule has 0 aliphatic heterocycles. The monoisotopic (exact) mass is 201 g/mol. The zero-order valence-electron chi connectivity index (χ0n) is 10.3. The van der Waals surface area contributed by atoms with E-state index in [9.17, 15) is 0 Å². The van der Waals surface area contributed by atoms with Crippen LogP contribution in [0.1, 0.15) is 43.4 Å². The fourth-order valence-corrected chi connectivity index (χ4v) is 2.02. The lowest BCUT2D eigenvalue weighted by Gasteiger charge is -2.15. The predicted octanol–water partition coefficient (Wildman–Crippen LogP) is 4.60. The van der Waals surface area contributed by atoms with Crippen molar-refractivity contribution in [2.75, 3.05) is 0 Å². The minimum atomic E-state index is 1.07. The van der Waals surface area contributed by atoms with Gasteiger partial charge in [0.15, 0.2) is 0 Å². The van der Waals surface area contributed by atoms with Crippen molar-refractivity contribution < 1.29 is 0 Å². The predicted molar refractivity (Wildman–Crippen MR) is 68.0 cm³/mol. The number of rotatable bonds is 4. The second kappa shape index (κ2) is 5.75. The maximum absolute atomic E-state index is 2.27. The molecule has 0 aliphatic rings. The molecule has 0 spiro atoms. The van der Waals surface area contributed by atoms with E-state index in [1.165, 1.54) is 22.6 Å². The van der Waals surface area contributed by atoms with E-state index in [0.29, 0.717) is 0 Å². The number of benzene rings is 1. The molecule has 0 saturated heterocycles. The summed E-state index contributed by atoms with van der Waals surface area (Å²) >= 11 is 0. The zero-order chi connectivity index (χ0) is 11.3. The Labute approximate surface area is 94.0 Å². The molecule has 0 aliphatic carbocycles. The van der Waals surface area contributed by atoms with Gasteiger partial charge in [-0.1, -0.05) is 44.2 Å². The second-order valence-corrected chi connectivity index (χ2v) is 4.13. The van der Waals surface area contributed by atoms with Gasteiger partial charge in [0.1, 0.15) is 0 Å². The van der Waals surface area contributed by atoms with E-state index in [1.807, 2.05) is 0 Å². The first-order chi connectivity index (χ1) is 7.16. The van der Waals surface area contributed by atoms with Gasteiger partial charge in [-0.2, -0.15) is 0 Å². The Morgan fingerprint density at radius 1 is 1.13 bits per heavy atom. The Hall–Kier alpha value is -1.04. The molecule has 0 atom stereocenters. The number of allylic oxidation sites excluding steroid dienone is 2. The molecule has 0 amide bonds. The van der Waals surface area contributed by atoms with E-state index in [-0.39, 0.29) is 0 Å². The van der Waals surface area contributed by atoms with Crippen LogP contribution in [0.4, 0.5) is 0 Å². The summed E-state index contributed by atoms with van der Waals surface area (Å²) in [6, 6.07) is 6.51. The average Bonchev–Trinajstić information content (AvgIpc) is 2.18. The molecule has 1 aromatic carbocycles. The number of hydrogen-bond acceptors (Lipinski definition) is 0. The van der Waals surface area contributed by atoms with Crippen LogP contribution in [0, 0.1) is 19.8 Å².